The van der Waals surface area contributed by atoms with Crippen LogP contribution in [0, 0.1) is 5.92 Å². The number of hydrogen-bond donors (Lipinski definition) is 0. The number of amides is 1. The zero-order valence-electron chi connectivity index (χ0n) is 16.8. The molecule has 1 fully saturated rings. The normalized spacial score (nSPS) is 15.1. The summed E-state index contributed by atoms with van der Waals surface area (Å²) in [6.45, 7) is 2.56. The Balaban J connectivity index is 1.35. The number of hydrogen-bond acceptors (Lipinski definition) is 5. The molecule has 1 aromatic heterocycles. The van der Waals surface area contributed by atoms with E-state index in [1.54, 1.807) is 7.11 Å². The lowest BCUT2D eigenvalue weighted by molar-refractivity contribution is -0.132. The van der Waals surface area contributed by atoms with Crippen LogP contribution in [0.4, 0.5) is 0 Å². The Morgan fingerprint density at radius 1 is 1.11 bits per heavy atom. The van der Waals surface area contributed by atoms with Crippen LogP contribution >= 0.6 is 0 Å². The molecule has 28 heavy (non-hydrogen) atoms. The molecule has 1 saturated heterocycles. The molecule has 0 aliphatic carbocycles. The van der Waals surface area contributed by atoms with Gasteiger partial charge in [0, 0.05) is 46.1 Å². The number of likely N-dealkylation sites (tertiary alicyclic amines) is 1. The number of aryl methyl sites for hydroxylation is 3. The summed E-state index contributed by atoms with van der Waals surface area (Å²) in [5, 5.41) is 8.22. The number of piperidine rings is 1. The summed E-state index contributed by atoms with van der Waals surface area (Å²) in [7, 11) is 1.75. The Labute approximate surface area is 167 Å². The molecule has 0 bridgehead atoms. The highest BCUT2D eigenvalue weighted by molar-refractivity contribution is 5.76. The molecule has 3 rings (SSSR count). The predicted octanol–water partition coefficient (Wildman–Crippen LogP) is 3.45. The Morgan fingerprint density at radius 3 is 2.54 bits per heavy atom. The highest BCUT2D eigenvalue weighted by atomic mass is 16.5. The maximum atomic E-state index is 12.5. The maximum Gasteiger partial charge on any atom is 0.223 e. The maximum absolute atomic E-state index is 12.5. The fraction of sp³-hybridized carbons (Fsp3) is 0.591. The fourth-order valence-electron chi connectivity index (χ4n) is 3.75. The van der Waals surface area contributed by atoms with Gasteiger partial charge in [-0.1, -0.05) is 30.3 Å². The quantitative estimate of drug-likeness (QED) is 0.586. The SMILES string of the molecule is COCCCC1CCN(C(=O)CCc2nnc(CCc3ccccc3)o2)CC1. The van der Waals surface area contributed by atoms with Crippen molar-refractivity contribution >= 4 is 5.91 Å². The molecule has 2 heterocycles. The van der Waals surface area contributed by atoms with Gasteiger partial charge in [0.05, 0.1) is 0 Å². The summed E-state index contributed by atoms with van der Waals surface area (Å²) in [6, 6.07) is 10.3. The average molecular weight is 386 g/mol. The van der Waals surface area contributed by atoms with Crippen LogP contribution in [0.15, 0.2) is 34.7 Å². The molecule has 6 heteroatoms. The van der Waals surface area contributed by atoms with Crippen LogP contribution in [-0.4, -0.2) is 47.8 Å². The Hall–Kier alpha value is -2.21. The lowest BCUT2D eigenvalue weighted by Gasteiger charge is -2.32. The molecule has 6 nitrogen and oxygen atoms in total. The Bertz CT molecular complexity index is 709. The van der Waals surface area contributed by atoms with Crippen molar-refractivity contribution in [1.29, 1.82) is 0 Å². The number of benzene rings is 1. The van der Waals surface area contributed by atoms with E-state index in [1.165, 1.54) is 12.0 Å². The van der Waals surface area contributed by atoms with Crippen molar-refractivity contribution in [1.82, 2.24) is 15.1 Å². The monoisotopic (exact) mass is 385 g/mol. The van der Waals surface area contributed by atoms with Crippen LogP contribution in [0.2, 0.25) is 0 Å². The third-order valence-electron chi connectivity index (χ3n) is 5.46. The third kappa shape index (κ3) is 6.44. The lowest BCUT2D eigenvalue weighted by atomic mass is 9.92. The van der Waals surface area contributed by atoms with Crippen molar-refractivity contribution in [3.8, 4) is 0 Å². The van der Waals surface area contributed by atoms with Crippen molar-refractivity contribution < 1.29 is 13.9 Å². The van der Waals surface area contributed by atoms with Crippen LogP contribution in [0.3, 0.4) is 0 Å². The number of ether oxygens (including phenoxy) is 1. The molecular weight excluding hydrogens is 354 g/mol. The van der Waals surface area contributed by atoms with E-state index in [-0.39, 0.29) is 5.91 Å². The first-order valence-electron chi connectivity index (χ1n) is 10.4. The fourth-order valence-corrected chi connectivity index (χ4v) is 3.75. The predicted molar refractivity (Wildman–Crippen MR) is 107 cm³/mol. The van der Waals surface area contributed by atoms with Gasteiger partial charge in [-0.2, -0.15) is 0 Å². The molecule has 0 unspecified atom stereocenters. The van der Waals surface area contributed by atoms with Gasteiger partial charge in [0.1, 0.15) is 0 Å². The van der Waals surface area contributed by atoms with Crippen molar-refractivity contribution in [3.05, 3.63) is 47.7 Å². The first-order chi connectivity index (χ1) is 13.7. The van der Waals surface area contributed by atoms with Crippen LogP contribution < -0.4 is 0 Å². The van der Waals surface area contributed by atoms with Gasteiger partial charge in [-0.25, -0.2) is 0 Å². The van der Waals surface area contributed by atoms with E-state index in [0.29, 0.717) is 24.6 Å². The molecule has 1 aliphatic rings. The molecule has 0 N–H and O–H groups in total. The minimum Gasteiger partial charge on any atom is -0.425 e. The number of methoxy groups -OCH3 is 1. The standard InChI is InChI=1S/C22H31N3O3/c1-27-17-5-8-19-13-15-25(16-14-19)22(26)12-11-21-24-23-20(28-21)10-9-18-6-3-2-4-7-18/h2-4,6-7,19H,5,8-17H2,1H3. The molecule has 2 aromatic rings. The van der Waals surface area contributed by atoms with Gasteiger partial charge >= 0.3 is 0 Å². The summed E-state index contributed by atoms with van der Waals surface area (Å²) in [5.74, 6) is 2.12. The third-order valence-corrected chi connectivity index (χ3v) is 5.46. The van der Waals surface area contributed by atoms with Gasteiger partial charge in [-0.3, -0.25) is 4.79 Å². The van der Waals surface area contributed by atoms with E-state index in [9.17, 15) is 4.79 Å². The van der Waals surface area contributed by atoms with Crippen molar-refractivity contribution in [2.45, 2.75) is 51.4 Å². The van der Waals surface area contributed by atoms with Crippen molar-refractivity contribution in [2.75, 3.05) is 26.8 Å². The minimum atomic E-state index is 0.194. The van der Waals surface area contributed by atoms with Gasteiger partial charge in [-0.05, 0) is 43.6 Å². The molecule has 152 valence electrons. The van der Waals surface area contributed by atoms with Crippen LogP contribution in [0.1, 0.15) is 49.4 Å². The zero-order chi connectivity index (χ0) is 19.6. The molecule has 1 aromatic carbocycles. The van der Waals surface area contributed by atoms with Crippen LogP contribution in [0.5, 0.6) is 0 Å². The van der Waals surface area contributed by atoms with Crippen LogP contribution in [0.25, 0.3) is 0 Å². The second kappa shape index (κ2) is 11.0. The summed E-state index contributed by atoms with van der Waals surface area (Å²) in [6.07, 6.45) is 7.06. The second-order valence-electron chi connectivity index (χ2n) is 7.53. The molecule has 1 aliphatic heterocycles. The van der Waals surface area contributed by atoms with E-state index in [4.69, 9.17) is 9.15 Å². The molecule has 0 radical (unpaired) electrons. The van der Waals surface area contributed by atoms with E-state index in [1.807, 2.05) is 23.1 Å². The topological polar surface area (TPSA) is 68.5 Å². The van der Waals surface area contributed by atoms with Gasteiger partial charge in [0.2, 0.25) is 17.7 Å². The molecule has 0 spiro atoms. The summed E-state index contributed by atoms with van der Waals surface area (Å²) in [4.78, 5) is 14.5. The van der Waals surface area contributed by atoms with Crippen molar-refractivity contribution in [3.63, 3.8) is 0 Å². The number of rotatable bonds is 10. The second-order valence-corrected chi connectivity index (χ2v) is 7.53. The minimum absolute atomic E-state index is 0.194. The van der Waals surface area contributed by atoms with E-state index >= 15 is 0 Å². The van der Waals surface area contributed by atoms with Gasteiger partial charge < -0.3 is 14.1 Å². The number of carbonyl (C=O) groups is 1. The number of aromatic nitrogens is 2. The largest absolute Gasteiger partial charge is 0.425 e. The smallest absolute Gasteiger partial charge is 0.223 e. The van der Waals surface area contributed by atoms with E-state index < -0.39 is 0 Å². The molecule has 0 atom stereocenters. The van der Waals surface area contributed by atoms with Crippen molar-refractivity contribution in [2.24, 2.45) is 5.92 Å². The lowest BCUT2D eigenvalue weighted by Crippen LogP contribution is -2.38. The zero-order valence-corrected chi connectivity index (χ0v) is 16.8. The first-order valence-corrected chi connectivity index (χ1v) is 10.4. The number of carbonyl (C=O) groups excluding carboxylic acids is 1. The van der Waals surface area contributed by atoms with Gasteiger partial charge in [0.25, 0.3) is 0 Å². The average Bonchev–Trinajstić information content (AvgIpc) is 3.20. The molecule has 0 saturated carbocycles. The first kappa shape index (κ1) is 20.5. The molecular formula is C22H31N3O3. The van der Waals surface area contributed by atoms with Crippen LogP contribution in [-0.2, 0) is 28.8 Å². The van der Waals surface area contributed by atoms with E-state index in [2.05, 4.69) is 22.3 Å². The van der Waals surface area contributed by atoms with Gasteiger partial charge in [-0.15, -0.1) is 10.2 Å². The summed E-state index contributed by atoms with van der Waals surface area (Å²) in [5.41, 5.74) is 1.25. The summed E-state index contributed by atoms with van der Waals surface area (Å²) >= 11 is 0. The highest BCUT2D eigenvalue weighted by Gasteiger charge is 2.22. The highest BCUT2D eigenvalue weighted by Crippen LogP contribution is 2.22. The summed E-state index contributed by atoms with van der Waals surface area (Å²) < 4.78 is 10.8. The molecule has 1 amide bonds. The van der Waals surface area contributed by atoms with Gasteiger partial charge in [0.15, 0.2) is 0 Å². The van der Waals surface area contributed by atoms with E-state index in [0.717, 1.165) is 57.7 Å². The Morgan fingerprint density at radius 2 is 1.82 bits per heavy atom. The Kier molecular flexibility index (Phi) is 8.03. The number of nitrogens with zero attached hydrogens (tertiary/aromatic N) is 3.